The highest BCUT2D eigenvalue weighted by Crippen LogP contribution is 2.28. The zero-order valence-electron chi connectivity index (χ0n) is 14.3. The van der Waals surface area contributed by atoms with E-state index in [0.717, 1.165) is 18.0 Å². The van der Waals surface area contributed by atoms with E-state index in [1.54, 1.807) is 17.0 Å². The molecular formula is C19H28N2O2. The number of benzene rings is 1. The molecule has 1 aromatic rings. The Hall–Kier alpha value is -1.84. The van der Waals surface area contributed by atoms with E-state index < -0.39 is 0 Å². The molecule has 1 aromatic carbocycles. The second-order valence-corrected chi connectivity index (χ2v) is 6.29. The third-order valence-corrected chi connectivity index (χ3v) is 4.72. The lowest BCUT2D eigenvalue weighted by atomic mass is 10.0. The molecule has 0 bridgehead atoms. The van der Waals surface area contributed by atoms with Crippen LogP contribution < -0.4 is 5.32 Å². The van der Waals surface area contributed by atoms with Crippen LogP contribution in [-0.2, 0) is 4.79 Å². The Kier molecular flexibility index (Phi) is 6.63. The van der Waals surface area contributed by atoms with Crippen molar-refractivity contribution in [1.82, 2.24) is 4.90 Å². The Morgan fingerprint density at radius 2 is 1.70 bits per heavy atom. The van der Waals surface area contributed by atoms with Crippen molar-refractivity contribution in [3.05, 3.63) is 29.8 Å². The normalized spacial score (nSPS) is 14.7. The van der Waals surface area contributed by atoms with Gasteiger partial charge in [-0.2, -0.15) is 0 Å². The van der Waals surface area contributed by atoms with E-state index in [2.05, 4.69) is 5.32 Å². The average Bonchev–Trinajstić information content (AvgIpc) is 3.08. The summed E-state index contributed by atoms with van der Waals surface area (Å²) in [5.41, 5.74) is 1.43. The van der Waals surface area contributed by atoms with Crippen LogP contribution in [0, 0.1) is 5.92 Å². The number of carbonyl (C=O) groups excluding carboxylic acids is 2. The number of carbonyl (C=O) groups is 2. The summed E-state index contributed by atoms with van der Waals surface area (Å²) in [6.45, 7) is 5.35. The van der Waals surface area contributed by atoms with Crippen molar-refractivity contribution in [2.45, 2.75) is 52.4 Å². The predicted octanol–water partition coefficient (Wildman–Crippen LogP) is 4.08. The molecule has 1 fully saturated rings. The molecule has 2 rings (SSSR count). The van der Waals surface area contributed by atoms with Crippen LogP contribution in [-0.4, -0.2) is 29.8 Å². The molecule has 4 nitrogen and oxygen atoms in total. The zero-order valence-corrected chi connectivity index (χ0v) is 14.3. The third kappa shape index (κ3) is 5.08. The monoisotopic (exact) mass is 316 g/mol. The maximum absolute atomic E-state index is 12.2. The Morgan fingerprint density at radius 1 is 1.09 bits per heavy atom. The summed E-state index contributed by atoms with van der Waals surface area (Å²) in [6, 6.07) is 7.19. The Labute approximate surface area is 139 Å². The fourth-order valence-electron chi connectivity index (χ4n) is 3.25. The summed E-state index contributed by atoms with van der Waals surface area (Å²) in [4.78, 5) is 26.0. The smallest absolute Gasteiger partial charge is 0.253 e. The van der Waals surface area contributed by atoms with E-state index in [4.69, 9.17) is 0 Å². The summed E-state index contributed by atoms with van der Waals surface area (Å²) in [6.07, 6.45) is 6.75. The van der Waals surface area contributed by atoms with Crippen molar-refractivity contribution in [2.75, 3.05) is 18.4 Å². The molecule has 1 saturated carbocycles. The van der Waals surface area contributed by atoms with Gasteiger partial charge in [-0.3, -0.25) is 9.59 Å². The number of nitrogens with one attached hydrogen (secondary N) is 1. The molecule has 4 heteroatoms. The number of amides is 2. The molecule has 1 aliphatic carbocycles. The van der Waals surface area contributed by atoms with Crippen LogP contribution in [0.25, 0.3) is 0 Å². The zero-order chi connectivity index (χ0) is 16.7. The van der Waals surface area contributed by atoms with Gasteiger partial charge in [-0.05, 0) is 50.5 Å². The number of nitrogens with zero attached hydrogens (tertiary/aromatic N) is 1. The lowest BCUT2D eigenvalue weighted by Crippen LogP contribution is -2.30. The second-order valence-electron chi connectivity index (χ2n) is 6.29. The molecule has 0 heterocycles. The van der Waals surface area contributed by atoms with Crippen LogP contribution in [0.3, 0.4) is 0 Å². The van der Waals surface area contributed by atoms with E-state index >= 15 is 0 Å². The van der Waals surface area contributed by atoms with Crippen molar-refractivity contribution in [3.63, 3.8) is 0 Å². The van der Waals surface area contributed by atoms with Crippen molar-refractivity contribution in [2.24, 2.45) is 5.92 Å². The summed E-state index contributed by atoms with van der Waals surface area (Å²) in [5, 5.41) is 2.93. The summed E-state index contributed by atoms with van der Waals surface area (Å²) in [7, 11) is 0. The first kappa shape index (κ1) is 17.5. The largest absolute Gasteiger partial charge is 0.339 e. The molecule has 0 aliphatic heterocycles. The van der Waals surface area contributed by atoms with Crippen molar-refractivity contribution in [3.8, 4) is 0 Å². The van der Waals surface area contributed by atoms with E-state index in [1.807, 2.05) is 26.0 Å². The molecule has 0 saturated heterocycles. The fraction of sp³-hybridized carbons (Fsp3) is 0.579. The van der Waals surface area contributed by atoms with Crippen molar-refractivity contribution in [1.29, 1.82) is 0 Å². The molecule has 0 radical (unpaired) electrons. The third-order valence-electron chi connectivity index (χ3n) is 4.72. The molecule has 0 aromatic heterocycles. The van der Waals surface area contributed by atoms with Crippen LogP contribution in [0.1, 0.15) is 62.7 Å². The fourth-order valence-corrected chi connectivity index (χ4v) is 3.25. The minimum atomic E-state index is 0.0362. The molecule has 0 unspecified atom stereocenters. The molecule has 0 atom stereocenters. The summed E-state index contributed by atoms with van der Waals surface area (Å²) < 4.78 is 0. The Bertz CT molecular complexity index is 515. The lowest BCUT2D eigenvalue weighted by Gasteiger charge is -2.18. The lowest BCUT2D eigenvalue weighted by molar-refractivity contribution is -0.116. The predicted molar refractivity (Wildman–Crippen MR) is 93.5 cm³/mol. The first-order valence-electron chi connectivity index (χ1n) is 8.83. The van der Waals surface area contributed by atoms with Crippen LogP contribution in [0.15, 0.2) is 24.3 Å². The SMILES string of the molecule is CCN(CC)C(=O)c1ccc(NC(=O)CCC2CCCC2)cc1. The Balaban J connectivity index is 1.84. The van der Waals surface area contributed by atoms with Gasteiger partial charge in [-0.15, -0.1) is 0 Å². The number of hydrogen-bond acceptors (Lipinski definition) is 2. The molecule has 1 N–H and O–H groups in total. The van der Waals surface area contributed by atoms with E-state index in [1.165, 1.54) is 25.7 Å². The van der Waals surface area contributed by atoms with Crippen molar-refractivity contribution < 1.29 is 9.59 Å². The van der Waals surface area contributed by atoms with Crippen LogP contribution in [0.4, 0.5) is 5.69 Å². The van der Waals surface area contributed by atoms with Crippen molar-refractivity contribution >= 4 is 17.5 Å². The maximum atomic E-state index is 12.2. The van der Waals surface area contributed by atoms with Gasteiger partial charge in [0.05, 0.1) is 0 Å². The molecule has 0 spiro atoms. The topological polar surface area (TPSA) is 49.4 Å². The quantitative estimate of drug-likeness (QED) is 0.824. The Morgan fingerprint density at radius 3 is 2.26 bits per heavy atom. The number of hydrogen-bond donors (Lipinski definition) is 1. The van der Waals surface area contributed by atoms with Crippen LogP contribution >= 0.6 is 0 Å². The second kappa shape index (κ2) is 8.70. The highest BCUT2D eigenvalue weighted by Gasteiger charge is 2.16. The molecule has 1 aliphatic rings. The van der Waals surface area contributed by atoms with Gasteiger partial charge in [0.1, 0.15) is 0 Å². The van der Waals surface area contributed by atoms with Gasteiger partial charge >= 0.3 is 0 Å². The molecule has 2 amide bonds. The summed E-state index contributed by atoms with van der Waals surface area (Å²) >= 11 is 0. The highest BCUT2D eigenvalue weighted by atomic mass is 16.2. The molecular weight excluding hydrogens is 288 g/mol. The standard InChI is InChI=1S/C19H28N2O2/c1-3-21(4-2)19(23)16-10-12-17(13-11-16)20-18(22)14-9-15-7-5-6-8-15/h10-13,15H,3-9,14H2,1-2H3,(H,20,22). The first-order valence-corrected chi connectivity index (χ1v) is 8.83. The minimum absolute atomic E-state index is 0.0362. The van der Waals surface area contributed by atoms with E-state index in [0.29, 0.717) is 25.1 Å². The van der Waals surface area contributed by atoms with E-state index in [-0.39, 0.29) is 11.8 Å². The number of rotatable bonds is 7. The van der Waals surface area contributed by atoms with Gasteiger partial charge in [0, 0.05) is 30.8 Å². The van der Waals surface area contributed by atoms with Gasteiger partial charge in [0.2, 0.25) is 5.91 Å². The van der Waals surface area contributed by atoms with Gasteiger partial charge in [-0.1, -0.05) is 25.7 Å². The highest BCUT2D eigenvalue weighted by molar-refractivity contribution is 5.95. The van der Waals surface area contributed by atoms with Gasteiger partial charge in [0.25, 0.3) is 5.91 Å². The van der Waals surface area contributed by atoms with Crippen LogP contribution in [0.2, 0.25) is 0 Å². The van der Waals surface area contributed by atoms with Crippen LogP contribution in [0.5, 0.6) is 0 Å². The average molecular weight is 316 g/mol. The molecule has 126 valence electrons. The minimum Gasteiger partial charge on any atom is -0.339 e. The van der Waals surface area contributed by atoms with Gasteiger partial charge in [0.15, 0.2) is 0 Å². The number of anilines is 1. The maximum Gasteiger partial charge on any atom is 0.253 e. The van der Waals surface area contributed by atoms with Gasteiger partial charge in [-0.25, -0.2) is 0 Å². The van der Waals surface area contributed by atoms with Gasteiger partial charge < -0.3 is 10.2 Å². The van der Waals surface area contributed by atoms with E-state index in [9.17, 15) is 9.59 Å². The first-order chi connectivity index (χ1) is 11.1. The summed E-state index contributed by atoms with van der Waals surface area (Å²) in [5.74, 6) is 0.837. The molecule has 23 heavy (non-hydrogen) atoms.